The minimum Gasteiger partial charge on any atom is -0.361 e. The second-order valence-corrected chi connectivity index (χ2v) is 4.19. The van der Waals surface area contributed by atoms with Crippen LogP contribution >= 0.6 is 0 Å². The van der Waals surface area contributed by atoms with Crippen molar-refractivity contribution >= 4 is 11.8 Å². The molecule has 1 rings (SSSR count). The molecule has 0 unspecified atom stereocenters. The quantitative estimate of drug-likeness (QED) is 0.788. The molecule has 0 aromatic heterocycles. The van der Waals surface area contributed by atoms with Gasteiger partial charge in [-0.3, -0.25) is 9.59 Å². The Balaban J connectivity index is 2.63. The van der Waals surface area contributed by atoms with Crippen LogP contribution in [0.5, 0.6) is 0 Å². The van der Waals surface area contributed by atoms with Crippen LogP contribution in [-0.4, -0.2) is 29.3 Å². The zero-order valence-corrected chi connectivity index (χ0v) is 10.2. The third kappa shape index (κ3) is 3.90. The Kier molecular flexibility index (Phi) is 4.69. The van der Waals surface area contributed by atoms with Crippen LogP contribution in [0.3, 0.4) is 0 Å². The third-order valence-electron chi connectivity index (χ3n) is 2.58. The fourth-order valence-electron chi connectivity index (χ4n) is 1.63. The van der Waals surface area contributed by atoms with Crippen molar-refractivity contribution in [1.29, 1.82) is 0 Å². The molecule has 1 aromatic rings. The number of nitrogens with zero attached hydrogens (tertiary/aromatic N) is 1. The normalized spacial score (nSPS) is 10.3. The summed E-state index contributed by atoms with van der Waals surface area (Å²) in [6.45, 7) is 4.24. The topological polar surface area (TPSA) is 63.4 Å². The number of nitrogens with two attached hydrogens (primary N) is 1. The molecule has 2 N–H and O–H groups in total. The first-order chi connectivity index (χ1) is 8.02. The maximum Gasteiger partial charge on any atom is 0.311 e. The van der Waals surface area contributed by atoms with E-state index in [-0.39, 0.29) is 6.04 Å². The van der Waals surface area contributed by atoms with Crippen molar-refractivity contribution in [3.05, 3.63) is 35.9 Å². The Hall–Kier alpha value is -1.84. The average molecular weight is 234 g/mol. The fourth-order valence-corrected chi connectivity index (χ4v) is 1.63. The lowest BCUT2D eigenvalue weighted by Crippen LogP contribution is -2.45. The molecule has 0 aliphatic heterocycles. The van der Waals surface area contributed by atoms with Crippen molar-refractivity contribution in [2.75, 3.05) is 6.54 Å². The minimum absolute atomic E-state index is 0.0290. The van der Waals surface area contributed by atoms with E-state index >= 15 is 0 Å². The van der Waals surface area contributed by atoms with Gasteiger partial charge in [-0.05, 0) is 25.8 Å². The van der Waals surface area contributed by atoms with Gasteiger partial charge >= 0.3 is 11.8 Å². The van der Waals surface area contributed by atoms with E-state index in [2.05, 4.69) is 0 Å². The molecule has 0 atom stereocenters. The van der Waals surface area contributed by atoms with E-state index < -0.39 is 11.8 Å². The van der Waals surface area contributed by atoms with Crippen LogP contribution in [-0.2, 0) is 16.0 Å². The van der Waals surface area contributed by atoms with Crippen molar-refractivity contribution in [2.45, 2.75) is 26.3 Å². The van der Waals surface area contributed by atoms with Gasteiger partial charge in [0.25, 0.3) is 0 Å². The number of primary amides is 1. The molecule has 0 spiro atoms. The van der Waals surface area contributed by atoms with E-state index in [1.54, 1.807) is 0 Å². The van der Waals surface area contributed by atoms with Gasteiger partial charge in [0.1, 0.15) is 0 Å². The van der Waals surface area contributed by atoms with Gasteiger partial charge in [0.05, 0.1) is 0 Å². The lowest BCUT2D eigenvalue weighted by Gasteiger charge is -2.25. The Morgan fingerprint density at radius 2 is 1.82 bits per heavy atom. The maximum atomic E-state index is 11.6. The summed E-state index contributed by atoms with van der Waals surface area (Å²) < 4.78 is 0. The predicted octanol–water partition coefficient (Wildman–Crippen LogP) is 0.951. The van der Waals surface area contributed by atoms with Gasteiger partial charge in [0.15, 0.2) is 0 Å². The first-order valence-corrected chi connectivity index (χ1v) is 5.66. The summed E-state index contributed by atoms with van der Waals surface area (Å²) in [7, 11) is 0. The molecule has 0 aliphatic carbocycles. The van der Waals surface area contributed by atoms with Gasteiger partial charge in [-0.25, -0.2) is 0 Å². The summed E-state index contributed by atoms with van der Waals surface area (Å²) in [6.07, 6.45) is 0.720. The number of hydrogen-bond acceptors (Lipinski definition) is 2. The molecule has 92 valence electrons. The van der Waals surface area contributed by atoms with Crippen molar-refractivity contribution in [3.63, 3.8) is 0 Å². The number of carbonyl (C=O) groups is 2. The maximum absolute atomic E-state index is 11.6. The number of benzene rings is 1. The molecule has 0 saturated carbocycles. The van der Waals surface area contributed by atoms with Crippen molar-refractivity contribution < 1.29 is 9.59 Å². The molecule has 0 radical (unpaired) electrons. The largest absolute Gasteiger partial charge is 0.361 e. The summed E-state index contributed by atoms with van der Waals surface area (Å²) >= 11 is 0. The van der Waals surface area contributed by atoms with Crippen molar-refractivity contribution in [3.8, 4) is 0 Å². The molecule has 0 saturated heterocycles. The highest BCUT2D eigenvalue weighted by molar-refractivity contribution is 6.34. The van der Waals surface area contributed by atoms with Crippen molar-refractivity contribution in [2.24, 2.45) is 5.73 Å². The highest BCUT2D eigenvalue weighted by Crippen LogP contribution is 2.05. The summed E-state index contributed by atoms with van der Waals surface area (Å²) in [5.74, 6) is -1.51. The zero-order valence-electron chi connectivity index (χ0n) is 10.2. The Morgan fingerprint density at radius 3 is 2.29 bits per heavy atom. The van der Waals surface area contributed by atoms with E-state index in [1.165, 1.54) is 4.90 Å². The number of carbonyl (C=O) groups excluding carboxylic acids is 2. The molecule has 1 aromatic carbocycles. The first kappa shape index (κ1) is 13.2. The minimum atomic E-state index is -0.897. The summed E-state index contributed by atoms with van der Waals surface area (Å²) in [5.41, 5.74) is 6.15. The van der Waals surface area contributed by atoms with Gasteiger partial charge in [-0.1, -0.05) is 30.3 Å². The highest BCUT2D eigenvalue weighted by atomic mass is 16.2. The Labute approximate surface area is 101 Å². The predicted molar refractivity (Wildman–Crippen MR) is 66.2 cm³/mol. The number of hydrogen-bond donors (Lipinski definition) is 1. The van der Waals surface area contributed by atoms with E-state index in [9.17, 15) is 9.59 Å². The van der Waals surface area contributed by atoms with Crippen LogP contribution in [0.4, 0.5) is 0 Å². The van der Waals surface area contributed by atoms with Crippen LogP contribution in [0, 0.1) is 0 Å². The average Bonchev–Trinajstić information content (AvgIpc) is 2.29. The highest BCUT2D eigenvalue weighted by Gasteiger charge is 2.21. The van der Waals surface area contributed by atoms with Crippen LogP contribution < -0.4 is 5.73 Å². The number of amides is 2. The molecule has 4 nitrogen and oxygen atoms in total. The molecule has 4 heteroatoms. The molecule has 0 bridgehead atoms. The van der Waals surface area contributed by atoms with E-state index in [1.807, 2.05) is 44.2 Å². The zero-order chi connectivity index (χ0) is 12.8. The van der Waals surface area contributed by atoms with Gasteiger partial charge in [0.2, 0.25) is 0 Å². The van der Waals surface area contributed by atoms with E-state index in [0.717, 1.165) is 12.0 Å². The molecule has 0 aliphatic rings. The lowest BCUT2D eigenvalue weighted by molar-refractivity contribution is -0.145. The van der Waals surface area contributed by atoms with E-state index in [4.69, 9.17) is 5.73 Å². The standard InChI is InChI=1S/C13H18N2O2/c1-10(2)15(13(17)12(14)16)9-8-11-6-4-3-5-7-11/h3-7,10H,8-9H2,1-2H3,(H2,14,16). The van der Waals surface area contributed by atoms with Gasteiger partial charge in [0, 0.05) is 12.6 Å². The van der Waals surface area contributed by atoms with Crippen LogP contribution in [0.15, 0.2) is 30.3 Å². The van der Waals surface area contributed by atoms with E-state index in [0.29, 0.717) is 6.54 Å². The molecule has 0 heterocycles. The monoisotopic (exact) mass is 234 g/mol. The van der Waals surface area contributed by atoms with Crippen molar-refractivity contribution in [1.82, 2.24) is 4.90 Å². The van der Waals surface area contributed by atoms with Crippen LogP contribution in [0.25, 0.3) is 0 Å². The van der Waals surface area contributed by atoms with Gasteiger partial charge in [-0.2, -0.15) is 0 Å². The molecular formula is C13H18N2O2. The second kappa shape index (κ2) is 6.03. The van der Waals surface area contributed by atoms with Gasteiger partial charge < -0.3 is 10.6 Å². The van der Waals surface area contributed by atoms with Gasteiger partial charge in [-0.15, -0.1) is 0 Å². The second-order valence-electron chi connectivity index (χ2n) is 4.19. The third-order valence-corrected chi connectivity index (χ3v) is 2.58. The summed E-state index contributed by atoms with van der Waals surface area (Å²) in [4.78, 5) is 23.9. The first-order valence-electron chi connectivity index (χ1n) is 5.66. The Bertz CT molecular complexity index is 388. The fraction of sp³-hybridized carbons (Fsp3) is 0.385. The summed E-state index contributed by atoms with van der Waals surface area (Å²) in [5, 5.41) is 0. The Morgan fingerprint density at radius 1 is 1.24 bits per heavy atom. The van der Waals surface area contributed by atoms with Crippen LogP contribution in [0.2, 0.25) is 0 Å². The molecule has 0 fully saturated rings. The number of rotatable bonds is 4. The SMILES string of the molecule is CC(C)N(CCc1ccccc1)C(=O)C(N)=O. The lowest BCUT2D eigenvalue weighted by atomic mass is 10.1. The molecule has 17 heavy (non-hydrogen) atoms. The molecular weight excluding hydrogens is 216 g/mol. The van der Waals surface area contributed by atoms with Crippen LogP contribution in [0.1, 0.15) is 19.4 Å². The summed E-state index contributed by atoms with van der Waals surface area (Å²) in [6, 6.07) is 9.80. The smallest absolute Gasteiger partial charge is 0.311 e. The molecule has 2 amide bonds.